The Kier molecular flexibility index (Phi) is 7.31. The number of anilines is 1. The molecule has 1 aliphatic heterocycles. The van der Waals surface area contributed by atoms with Crippen molar-refractivity contribution >= 4 is 41.1 Å². The number of ether oxygens (including phenoxy) is 1. The minimum Gasteiger partial charge on any atom is -0.497 e. The Labute approximate surface area is 186 Å². The molecule has 0 spiro atoms. The summed E-state index contributed by atoms with van der Waals surface area (Å²) in [6.45, 7) is 2.53. The van der Waals surface area contributed by atoms with Crippen LogP contribution in [-0.2, 0) is 14.4 Å². The quantitative estimate of drug-likeness (QED) is 0.674. The molecule has 0 aromatic heterocycles. The highest BCUT2D eigenvalue weighted by Gasteiger charge is 2.33. The van der Waals surface area contributed by atoms with Crippen molar-refractivity contribution in [1.82, 2.24) is 10.2 Å². The fourth-order valence-corrected chi connectivity index (χ4v) is 3.40. The monoisotopic (exact) mass is 441 g/mol. The third-order valence-corrected chi connectivity index (χ3v) is 5.39. The maximum Gasteiger partial charge on any atom is 0.247 e. The Bertz CT molecular complexity index is 1000. The lowest BCUT2D eigenvalue weighted by atomic mass is 10.1. The first-order chi connectivity index (χ1) is 14.9. The van der Waals surface area contributed by atoms with Crippen LogP contribution in [0.1, 0.15) is 17.5 Å². The predicted molar refractivity (Wildman–Crippen MR) is 120 cm³/mol. The number of rotatable bonds is 6. The van der Waals surface area contributed by atoms with Gasteiger partial charge in [-0.05, 0) is 48.4 Å². The highest BCUT2D eigenvalue weighted by atomic mass is 35.5. The standard InChI is InChI=1S/C23H24ClN3O4/c1-15-3-7-17(13-19(15)24)26-21(28)14-20-23(30)25-11-12-27(20)22(29)10-6-16-4-8-18(31-2)9-5-16/h3-10,13,20H,11-12,14H2,1-2H3,(H,25,30)(H,26,28)/b10-6+/t20-/m0/s1. The average molecular weight is 442 g/mol. The van der Waals surface area contributed by atoms with Gasteiger partial charge in [-0.25, -0.2) is 0 Å². The average Bonchev–Trinajstić information content (AvgIpc) is 2.76. The van der Waals surface area contributed by atoms with E-state index in [-0.39, 0.29) is 24.1 Å². The zero-order valence-corrected chi connectivity index (χ0v) is 18.1. The van der Waals surface area contributed by atoms with E-state index in [1.54, 1.807) is 43.5 Å². The molecule has 0 saturated carbocycles. The lowest BCUT2D eigenvalue weighted by molar-refractivity contribution is -0.141. The van der Waals surface area contributed by atoms with E-state index in [1.807, 2.05) is 19.1 Å². The van der Waals surface area contributed by atoms with E-state index in [0.717, 1.165) is 16.9 Å². The molecule has 0 unspecified atom stereocenters. The first-order valence-electron chi connectivity index (χ1n) is 9.84. The Hall–Kier alpha value is -3.32. The molecule has 3 rings (SSSR count). The Balaban J connectivity index is 1.67. The predicted octanol–water partition coefficient (Wildman–Crippen LogP) is 3.03. The fraction of sp³-hybridized carbons (Fsp3) is 0.261. The van der Waals surface area contributed by atoms with Crippen molar-refractivity contribution in [2.75, 3.05) is 25.5 Å². The van der Waals surface area contributed by atoms with Gasteiger partial charge in [0.1, 0.15) is 11.8 Å². The molecular formula is C23H24ClN3O4. The number of nitrogens with zero attached hydrogens (tertiary/aromatic N) is 1. The molecule has 162 valence electrons. The number of hydrogen-bond donors (Lipinski definition) is 2. The van der Waals surface area contributed by atoms with Crippen LogP contribution in [-0.4, -0.2) is 48.9 Å². The van der Waals surface area contributed by atoms with Gasteiger partial charge in [0, 0.05) is 29.9 Å². The summed E-state index contributed by atoms with van der Waals surface area (Å²) in [5.41, 5.74) is 2.25. The number of hydrogen-bond acceptors (Lipinski definition) is 4. The third kappa shape index (κ3) is 5.86. The van der Waals surface area contributed by atoms with Crippen molar-refractivity contribution in [2.45, 2.75) is 19.4 Å². The second kappa shape index (κ2) is 10.1. The number of benzene rings is 2. The normalized spacial score (nSPS) is 16.2. The van der Waals surface area contributed by atoms with E-state index < -0.39 is 6.04 Å². The van der Waals surface area contributed by atoms with E-state index in [0.29, 0.717) is 23.8 Å². The molecule has 1 atom stereocenters. The second-order valence-corrected chi connectivity index (χ2v) is 7.57. The summed E-state index contributed by atoms with van der Waals surface area (Å²) < 4.78 is 5.12. The van der Waals surface area contributed by atoms with Crippen molar-refractivity contribution in [3.63, 3.8) is 0 Å². The van der Waals surface area contributed by atoms with E-state index in [4.69, 9.17) is 16.3 Å². The molecule has 0 radical (unpaired) electrons. The Morgan fingerprint density at radius 1 is 1.26 bits per heavy atom. The number of amides is 3. The number of piperazine rings is 1. The first kappa shape index (κ1) is 22.4. The number of carbonyl (C=O) groups excluding carboxylic acids is 3. The molecule has 0 bridgehead atoms. The number of nitrogens with one attached hydrogen (secondary N) is 2. The van der Waals surface area contributed by atoms with Crippen molar-refractivity contribution in [2.24, 2.45) is 0 Å². The molecule has 1 heterocycles. The topological polar surface area (TPSA) is 87.7 Å². The van der Waals surface area contributed by atoms with Crippen LogP contribution in [0, 0.1) is 6.92 Å². The van der Waals surface area contributed by atoms with Gasteiger partial charge in [-0.2, -0.15) is 0 Å². The molecule has 31 heavy (non-hydrogen) atoms. The summed E-state index contributed by atoms with van der Waals surface area (Å²) >= 11 is 6.10. The maximum atomic E-state index is 12.8. The molecule has 1 saturated heterocycles. The van der Waals surface area contributed by atoms with E-state index in [2.05, 4.69) is 10.6 Å². The van der Waals surface area contributed by atoms with Gasteiger partial charge in [-0.1, -0.05) is 29.8 Å². The van der Waals surface area contributed by atoms with Gasteiger partial charge in [-0.3, -0.25) is 14.4 Å². The van der Waals surface area contributed by atoms with Crippen LogP contribution in [0.15, 0.2) is 48.5 Å². The zero-order chi connectivity index (χ0) is 22.4. The summed E-state index contributed by atoms with van der Waals surface area (Å²) in [6, 6.07) is 11.5. The molecule has 1 fully saturated rings. The zero-order valence-electron chi connectivity index (χ0n) is 17.4. The summed E-state index contributed by atoms with van der Waals surface area (Å²) in [6.07, 6.45) is 2.92. The Morgan fingerprint density at radius 2 is 2.00 bits per heavy atom. The first-order valence-corrected chi connectivity index (χ1v) is 10.2. The van der Waals surface area contributed by atoms with Crippen molar-refractivity contribution < 1.29 is 19.1 Å². The molecule has 8 heteroatoms. The van der Waals surface area contributed by atoms with Gasteiger partial charge < -0.3 is 20.3 Å². The van der Waals surface area contributed by atoms with Gasteiger partial charge in [0.2, 0.25) is 17.7 Å². The number of halogens is 1. The second-order valence-electron chi connectivity index (χ2n) is 7.16. The largest absolute Gasteiger partial charge is 0.497 e. The maximum absolute atomic E-state index is 12.8. The lowest BCUT2D eigenvalue weighted by Crippen LogP contribution is -2.57. The van der Waals surface area contributed by atoms with Crippen LogP contribution in [0.4, 0.5) is 5.69 Å². The van der Waals surface area contributed by atoms with E-state index in [9.17, 15) is 14.4 Å². The Morgan fingerprint density at radius 3 is 2.68 bits per heavy atom. The van der Waals surface area contributed by atoms with Crippen LogP contribution in [0.25, 0.3) is 6.08 Å². The van der Waals surface area contributed by atoms with Crippen LogP contribution < -0.4 is 15.4 Å². The van der Waals surface area contributed by atoms with Crippen LogP contribution in [0.5, 0.6) is 5.75 Å². The minimum atomic E-state index is -0.886. The van der Waals surface area contributed by atoms with Crippen molar-refractivity contribution in [3.05, 3.63) is 64.7 Å². The molecule has 2 aromatic carbocycles. The SMILES string of the molecule is COc1ccc(/C=C/C(=O)N2CCNC(=O)[C@@H]2CC(=O)Nc2ccc(C)c(Cl)c2)cc1. The molecule has 7 nitrogen and oxygen atoms in total. The molecule has 1 aliphatic rings. The van der Waals surface area contributed by atoms with Crippen molar-refractivity contribution in [3.8, 4) is 5.75 Å². The van der Waals surface area contributed by atoms with Crippen LogP contribution >= 0.6 is 11.6 Å². The lowest BCUT2D eigenvalue weighted by Gasteiger charge is -2.34. The van der Waals surface area contributed by atoms with Gasteiger partial charge in [-0.15, -0.1) is 0 Å². The molecule has 2 aromatic rings. The van der Waals surface area contributed by atoms with Gasteiger partial charge in [0.25, 0.3) is 0 Å². The van der Waals surface area contributed by atoms with Crippen LogP contribution in [0.2, 0.25) is 5.02 Å². The molecule has 3 amide bonds. The fourth-order valence-electron chi connectivity index (χ4n) is 3.22. The van der Waals surface area contributed by atoms with Crippen molar-refractivity contribution in [1.29, 1.82) is 0 Å². The molecule has 2 N–H and O–H groups in total. The van der Waals surface area contributed by atoms with E-state index in [1.165, 1.54) is 11.0 Å². The van der Waals surface area contributed by atoms with Crippen LogP contribution in [0.3, 0.4) is 0 Å². The summed E-state index contributed by atoms with van der Waals surface area (Å²) in [4.78, 5) is 39.1. The smallest absolute Gasteiger partial charge is 0.247 e. The van der Waals surface area contributed by atoms with Gasteiger partial charge >= 0.3 is 0 Å². The number of aryl methyl sites for hydroxylation is 1. The molecule has 0 aliphatic carbocycles. The minimum absolute atomic E-state index is 0.153. The highest BCUT2D eigenvalue weighted by Crippen LogP contribution is 2.21. The number of carbonyl (C=O) groups is 3. The molecular weight excluding hydrogens is 418 g/mol. The summed E-state index contributed by atoms with van der Waals surface area (Å²) in [5.74, 6) is -0.340. The highest BCUT2D eigenvalue weighted by molar-refractivity contribution is 6.31. The third-order valence-electron chi connectivity index (χ3n) is 4.98. The number of methoxy groups -OCH3 is 1. The van der Waals surface area contributed by atoms with E-state index >= 15 is 0 Å². The van der Waals surface area contributed by atoms with Gasteiger partial charge in [0.15, 0.2) is 0 Å². The van der Waals surface area contributed by atoms with Gasteiger partial charge in [0.05, 0.1) is 13.5 Å². The summed E-state index contributed by atoms with van der Waals surface area (Å²) in [7, 11) is 1.58. The summed E-state index contributed by atoms with van der Waals surface area (Å²) in [5, 5.41) is 5.99.